The van der Waals surface area contributed by atoms with Gasteiger partial charge in [0, 0.05) is 16.8 Å². The van der Waals surface area contributed by atoms with Crippen LogP contribution in [0.25, 0.3) is 10.8 Å². The summed E-state index contributed by atoms with van der Waals surface area (Å²) in [7, 11) is 0. The summed E-state index contributed by atoms with van der Waals surface area (Å²) < 4.78 is 6.23. The number of fused-ring (bicyclic) bond motifs is 1. The molecule has 0 atom stereocenters. The Bertz CT molecular complexity index is 1500. The van der Waals surface area contributed by atoms with Gasteiger partial charge in [-0.15, -0.1) is 0 Å². The summed E-state index contributed by atoms with van der Waals surface area (Å²) in [5, 5.41) is 11.4. The first-order valence-corrected chi connectivity index (χ1v) is 14.0. The van der Waals surface area contributed by atoms with E-state index >= 15 is 0 Å². The molecule has 206 valence electrons. The molecule has 1 aromatic heterocycles. The molecule has 0 unspecified atom stereocenters. The van der Waals surface area contributed by atoms with Crippen molar-refractivity contribution in [1.29, 1.82) is 0 Å². The summed E-state index contributed by atoms with van der Waals surface area (Å²) in [6, 6.07) is 24.7. The van der Waals surface area contributed by atoms with E-state index in [0.29, 0.717) is 17.4 Å². The predicted octanol–water partition coefficient (Wildman–Crippen LogP) is 7.79. The van der Waals surface area contributed by atoms with E-state index in [2.05, 4.69) is 32.9 Å². The molecule has 0 bridgehead atoms. The number of hydrogen-bond donors (Lipinski definition) is 1. The van der Waals surface area contributed by atoms with Crippen molar-refractivity contribution in [3.8, 4) is 11.5 Å². The third-order valence-electron chi connectivity index (χ3n) is 7.62. The Balaban J connectivity index is 1.51. The van der Waals surface area contributed by atoms with Crippen molar-refractivity contribution in [2.75, 3.05) is 11.4 Å². The normalized spacial score (nSPS) is 13.9. The number of nitrogens with zero attached hydrogens (tertiary/aromatic N) is 2. The maximum atomic E-state index is 13.7. The molecule has 1 aliphatic carbocycles. The van der Waals surface area contributed by atoms with Gasteiger partial charge in [0.2, 0.25) is 0 Å². The number of carboxylic acid groups (broad SMARTS) is 1. The van der Waals surface area contributed by atoms with Crippen molar-refractivity contribution in [3.05, 3.63) is 95.8 Å². The number of ether oxygens (including phenoxy) is 1. The third-order valence-corrected chi connectivity index (χ3v) is 7.62. The van der Waals surface area contributed by atoms with Gasteiger partial charge in [-0.1, -0.05) is 82.9 Å². The van der Waals surface area contributed by atoms with Crippen molar-refractivity contribution >= 4 is 28.3 Å². The SMILES string of the molecule is CC(C)(C)c1ccc(Oc2ccc3cc(C(=O)N(CC(=O)O)c4ccccc4)nc(CC4CCCC4)c3c2)cc1. The van der Waals surface area contributed by atoms with Crippen LogP contribution in [0.2, 0.25) is 0 Å². The van der Waals surface area contributed by atoms with E-state index < -0.39 is 18.4 Å². The fourth-order valence-electron chi connectivity index (χ4n) is 5.43. The minimum Gasteiger partial charge on any atom is -0.480 e. The second kappa shape index (κ2) is 11.5. The second-order valence-electron chi connectivity index (χ2n) is 11.7. The minimum absolute atomic E-state index is 0.0674. The first-order chi connectivity index (χ1) is 19.2. The summed E-state index contributed by atoms with van der Waals surface area (Å²) in [5.74, 6) is 0.474. The molecular weight excluding hydrogens is 500 g/mol. The lowest BCUT2D eigenvalue weighted by atomic mass is 9.87. The van der Waals surface area contributed by atoms with Crippen LogP contribution >= 0.6 is 0 Å². The molecule has 0 aliphatic heterocycles. The number of benzene rings is 3. The number of amides is 1. The van der Waals surface area contributed by atoms with Gasteiger partial charge in [-0.25, -0.2) is 4.98 Å². The average Bonchev–Trinajstić information content (AvgIpc) is 3.45. The maximum Gasteiger partial charge on any atom is 0.323 e. The van der Waals surface area contributed by atoms with Crippen LogP contribution in [-0.2, 0) is 16.6 Å². The van der Waals surface area contributed by atoms with Crippen molar-refractivity contribution in [3.63, 3.8) is 0 Å². The lowest BCUT2D eigenvalue weighted by Crippen LogP contribution is -2.36. The van der Waals surface area contributed by atoms with E-state index in [9.17, 15) is 14.7 Å². The zero-order valence-corrected chi connectivity index (χ0v) is 23.4. The van der Waals surface area contributed by atoms with Crippen LogP contribution in [-0.4, -0.2) is 28.5 Å². The van der Waals surface area contributed by atoms with Crippen LogP contribution in [0.1, 0.15) is 68.2 Å². The van der Waals surface area contributed by atoms with Crippen molar-refractivity contribution in [1.82, 2.24) is 4.98 Å². The number of aromatic nitrogens is 1. The van der Waals surface area contributed by atoms with Gasteiger partial charge in [0.25, 0.3) is 5.91 Å². The van der Waals surface area contributed by atoms with Gasteiger partial charge < -0.3 is 9.84 Å². The summed E-state index contributed by atoms with van der Waals surface area (Å²) >= 11 is 0. The largest absolute Gasteiger partial charge is 0.480 e. The number of pyridine rings is 1. The number of rotatable bonds is 8. The quantitative estimate of drug-likeness (QED) is 0.249. The van der Waals surface area contributed by atoms with Crippen LogP contribution in [0, 0.1) is 5.92 Å². The molecule has 1 heterocycles. The molecule has 0 spiro atoms. The molecule has 1 amide bonds. The van der Waals surface area contributed by atoms with E-state index in [0.717, 1.165) is 41.5 Å². The number of carbonyl (C=O) groups excluding carboxylic acids is 1. The number of anilines is 1. The smallest absolute Gasteiger partial charge is 0.323 e. The molecule has 40 heavy (non-hydrogen) atoms. The molecule has 4 aromatic rings. The number of carbonyl (C=O) groups is 2. The molecule has 6 heteroatoms. The summed E-state index contributed by atoms with van der Waals surface area (Å²) in [6.45, 7) is 6.11. The van der Waals surface area contributed by atoms with E-state index in [4.69, 9.17) is 9.72 Å². The van der Waals surface area contributed by atoms with Gasteiger partial charge in [-0.05, 0) is 71.2 Å². The van der Waals surface area contributed by atoms with E-state index in [1.807, 2.05) is 36.4 Å². The molecule has 1 saturated carbocycles. The molecule has 0 radical (unpaired) electrons. The third kappa shape index (κ3) is 6.33. The Morgan fingerprint density at radius 1 is 0.925 bits per heavy atom. The Labute approximate surface area is 235 Å². The first kappa shape index (κ1) is 27.4. The highest BCUT2D eigenvalue weighted by Crippen LogP contribution is 2.34. The summed E-state index contributed by atoms with van der Waals surface area (Å²) in [5.41, 5.74) is 2.93. The Morgan fingerprint density at radius 2 is 1.60 bits per heavy atom. The Morgan fingerprint density at radius 3 is 2.25 bits per heavy atom. The highest BCUT2D eigenvalue weighted by Gasteiger charge is 2.24. The lowest BCUT2D eigenvalue weighted by molar-refractivity contribution is -0.135. The molecular formula is C34H36N2O4. The van der Waals surface area contributed by atoms with E-state index in [-0.39, 0.29) is 11.1 Å². The van der Waals surface area contributed by atoms with Gasteiger partial charge >= 0.3 is 5.97 Å². The van der Waals surface area contributed by atoms with Crippen LogP contribution in [0.15, 0.2) is 78.9 Å². The van der Waals surface area contributed by atoms with Gasteiger partial charge in [0.1, 0.15) is 23.7 Å². The van der Waals surface area contributed by atoms with Gasteiger partial charge in [0.15, 0.2) is 0 Å². The first-order valence-electron chi connectivity index (χ1n) is 14.0. The van der Waals surface area contributed by atoms with Gasteiger partial charge in [-0.3, -0.25) is 14.5 Å². The fraction of sp³-hybridized carbons (Fsp3) is 0.324. The predicted molar refractivity (Wildman–Crippen MR) is 158 cm³/mol. The van der Waals surface area contributed by atoms with E-state index in [1.54, 1.807) is 30.3 Å². The summed E-state index contributed by atoms with van der Waals surface area (Å²) in [4.78, 5) is 31.5. The van der Waals surface area contributed by atoms with Crippen molar-refractivity contribution in [2.45, 2.75) is 58.3 Å². The summed E-state index contributed by atoms with van der Waals surface area (Å²) in [6.07, 6.45) is 5.48. The van der Waals surface area contributed by atoms with Crippen molar-refractivity contribution in [2.24, 2.45) is 5.92 Å². The van der Waals surface area contributed by atoms with Crippen LogP contribution < -0.4 is 9.64 Å². The van der Waals surface area contributed by atoms with E-state index in [1.165, 1.54) is 23.3 Å². The standard InChI is InChI=1S/C34H36N2O4/c1-34(2,3)25-14-17-27(18-15-25)40-28-16-13-24-20-31(35-30(29(24)21-28)19-23-9-7-8-10-23)33(39)36(22-32(37)38)26-11-5-4-6-12-26/h4-6,11-18,20-21,23H,7-10,19,22H2,1-3H3,(H,37,38). The maximum absolute atomic E-state index is 13.7. The zero-order valence-electron chi connectivity index (χ0n) is 23.4. The number of carboxylic acids is 1. The number of aliphatic carboxylic acids is 1. The molecule has 6 nitrogen and oxygen atoms in total. The molecule has 1 aliphatic rings. The second-order valence-corrected chi connectivity index (χ2v) is 11.7. The van der Waals surface area contributed by atoms with Crippen molar-refractivity contribution < 1.29 is 19.4 Å². The van der Waals surface area contributed by atoms with Crippen LogP contribution in [0.4, 0.5) is 5.69 Å². The molecule has 1 N–H and O–H groups in total. The number of hydrogen-bond acceptors (Lipinski definition) is 4. The molecule has 5 rings (SSSR count). The van der Waals surface area contributed by atoms with Gasteiger partial charge in [-0.2, -0.15) is 0 Å². The highest BCUT2D eigenvalue weighted by molar-refractivity contribution is 6.08. The van der Waals surface area contributed by atoms with Crippen LogP contribution in [0.3, 0.4) is 0 Å². The minimum atomic E-state index is -1.08. The number of para-hydroxylation sites is 1. The highest BCUT2D eigenvalue weighted by atomic mass is 16.5. The zero-order chi connectivity index (χ0) is 28.3. The average molecular weight is 537 g/mol. The lowest BCUT2D eigenvalue weighted by Gasteiger charge is -2.21. The van der Waals surface area contributed by atoms with Gasteiger partial charge in [0.05, 0.1) is 0 Å². The fourth-order valence-corrected chi connectivity index (χ4v) is 5.43. The molecule has 0 saturated heterocycles. The van der Waals surface area contributed by atoms with Crippen LogP contribution in [0.5, 0.6) is 11.5 Å². The molecule has 1 fully saturated rings. The topological polar surface area (TPSA) is 79.7 Å². The Hall–Kier alpha value is -4.19. The monoisotopic (exact) mass is 536 g/mol. The molecule has 3 aromatic carbocycles. The Kier molecular flexibility index (Phi) is 7.88.